The third kappa shape index (κ3) is 4.51. The first-order valence-electron chi connectivity index (χ1n) is 10.4. The fraction of sp³-hybridized carbons (Fsp3) is 0.292. The molecule has 0 radical (unpaired) electrons. The van der Waals surface area contributed by atoms with Crippen molar-refractivity contribution in [2.75, 3.05) is 49.2 Å². The number of carbonyl (C=O) groups is 1. The molecule has 3 aromatic rings. The zero-order valence-electron chi connectivity index (χ0n) is 18.2. The number of nitrogens with one attached hydrogen (secondary N) is 1. The van der Waals surface area contributed by atoms with Gasteiger partial charge in [-0.1, -0.05) is 0 Å². The van der Waals surface area contributed by atoms with Crippen LogP contribution in [0, 0.1) is 13.8 Å². The molecular weight excluding hydrogens is 388 g/mol. The predicted octanol–water partition coefficient (Wildman–Crippen LogP) is 3.35. The van der Waals surface area contributed by atoms with Crippen LogP contribution in [0.4, 0.5) is 17.2 Å². The summed E-state index contributed by atoms with van der Waals surface area (Å²) in [4.78, 5) is 25.8. The molecule has 1 saturated heterocycles. The fourth-order valence-corrected chi connectivity index (χ4v) is 4.10. The molecule has 0 atom stereocenters. The zero-order valence-corrected chi connectivity index (χ0v) is 18.2. The molecule has 1 aliphatic heterocycles. The van der Waals surface area contributed by atoms with Crippen LogP contribution >= 0.6 is 0 Å². The molecule has 0 unspecified atom stereocenters. The first-order chi connectivity index (χ1) is 14.9. The number of nitrogen functional groups attached to an aromatic ring is 1. The van der Waals surface area contributed by atoms with Crippen LogP contribution in [0.1, 0.15) is 21.5 Å². The Bertz CT molecular complexity index is 1070. The lowest BCUT2D eigenvalue weighted by molar-refractivity contribution is 0.102. The van der Waals surface area contributed by atoms with Crippen LogP contribution in [0.3, 0.4) is 0 Å². The summed E-state index contributed by atoms with van der Waals surface area (Å²) < 4.78 is 0. The lowest BCUT2D eigenvalue weighted by atomic mass is 9.97. The quantitative estimate of drug-likeness (QED) is 0.678. The standard InChI is InChI=1S/C24H28N6O/c1-16-12-18(13-17(2)22(16)30-10-8-29(3)9-11-30)19-14-21(23(25)27-15-19)24(31)28-20-4-6-26-7-5-20/h4-7,12-15H,8-11H2,1-3H3,(H2,25,27)(H,26,28,31). The van der Waals surface area contributed by atoms with E-state index in [1.165, 1.54) is 16.8 Å². The molecule has 1 amide bonds. The summed E-state index contributed by atoms with van der Waals surface area (Å²) >= 11 is 0. The maximum atomic E-state index is 12.8. The average molecular weight is 417 g/mol. The molecule has 3 N–H and O–H groups in total. The molecule has 1 aromatic carbocycles. The van der Waals surface area contributed by atoms with Crippen molar-refractivity contribution in [2.45, 2.75) is 13.8 Å². The SMILES string of the molecule is Cc1cc(-c2cnc(N)c(C(=O)Nc3ccncc3)c2)cc(C)c1N1CCN(C)CC1. The monoisotopic (exact) mass is 416 g/mol. The first-order valence-corrected chi connectivity index (χ1v) is 10.4. The third-order valence-corrected chi connectivity index (χ3v) is 5.75. The van der Waals surface area contributed by atoms with Crippen molar-refractivity contribution >= 4 is 23.1 Å². The summed E-state index contributed by atoms with van der Waals surface area (Å²) in [5, 5.41) is 2.85. The number of aromatic nitrogens is 2. The summed E-state index contributed by atoms with van der Waals surface area (Å²) in [6.07, 6.45) is 4.98. The topological polar surface area (TPSA) is 87.4 Å². The Hall–Kier alpha value is -3.45. The molecule has 1 fully saturated rings. The van der Waals surface area contributed by atoms with E-state index in [4.69, 9.17) is 5.73 Å². The number of hydrogen-bond acceptors (Lipinski definition) is 6. The van der Waals surface area contributed by atoms with Gasteiger partial charge in [0.2, 0.25) is 0 Å². The molecule has 0 spiro atoms. The van der Waals surface area contributed by atoms with Crippen molar-refractivity contribution in [3.05, 3.63) is 65.6 Å². The van der Waals surface area contributed by atoms with Crippen molar-refractivity contribution in [1.82, 2.24) is 14.9 Å². The highest BCUT2D eigenvalue weighted by molar-refractivity contribution is 6.07. The summed E-state index contributed by atoms with van der Waals surface area (Å²) in [5.74, 6) is -0.0849. The number of piperazine rings is 1. The van der Waals surface area contributed by atoms with Crippen LogP contribution in [-0.2, 0) is 0 Å². The van der Waals surface area contributed by atoms with Gasteiger partial charge in [0.1, 0.15) is 5.82 Å². The van der Waals surface area contributed by atoms with Gasteiger partial charge in [0, 0.05) is 61.7 Å². The van der Waals surface area contributed by atoms with Gasteiger partial charge < -0.3 is 20.9 Å². The molecule has 0 saturated carbocycles. The minimum absolute atomic E-state index is 0.206. The average Bonchev–Trinajstić information content (AvgIpc) is 2.75. The first kappa shape index (κ1) is 20.8. The van der Waals surface area contributed by atoms with Gasteiger partial charge in [0.15, 0.2) is 0 Å². The van der Waals surface area contributed by atoms with E-state index in [0.717, 1.165) is 37.3 Å². The molecular formula is C24H28N6O. The molecule has 31 heavy (non-hydrogen) atoms. The Morgan fingerprint density at radius 1 is 1.00 bits per heavy atom. The van der Waals surface area contributed by atoms with Gasteiger partial charge in [-0.25, -0.2) is 4.98 Å². The fourth-order valence-electron chi connectivity index (χ4n) is 4.10. The number of amides is 1. The summed E-state index contributed by atoms with van der Waals surface area (Å²) in [7, 11) is 2.16. The molecule has 7 nitrogen and oxygen atoms in total. The number of rotatable bonds is 4. The minimum atomic E-state index is -0.291. The Morgan fingerprint density at radius 2 is 1.65 bits per heavy atom. The molecule has 3 heterocycles. The number of nitrogens with two attached hydrogens (primary N) is 1. The smallest absolute Gasteiger partial charge is 0.259 e. The second-order valence-corrected chi connectivity index (χ2v) is 8.10. The molecule has 0 bridgehead atoms. The van der Waals surface area contributed by atoms with Crippen molar-refractivity contribution in [3.63, 3.8) is 0 Å². The molecule has 4 rings (SSSR count). The lowest BCUT2D eigenvalue weighted by Crippen LogP contribution is -2.45. The Balaban J connectivity index is 1.62. The van der Waals surface area contributed by atoms with Crippen LogP contribution in [0.25, 0.3) is 11.1 Å². The number of carbonyl (C=O) groups excluding carboxylic acids is 1. The van der Waals surface area contributed by atoms with E-state index >= 15 is 0 Å². The number of aryl methyl sites for hydroxylation is 2. The van der Waals surface area contributed by atoms with E-state index in [0.29, 0.717) is 11.3 Å². The number of nitrogens with zero attached hydrogens (tertiary/aromatic N) is 4. The van der Waals surface area contributed by atoms with Gasteiger partial charge in [0.25, 0.3) is 5.91 Å². The van der Waals surface area contributed by atoms with Crippen LogP contribution in [-0.4, -0.2) is 54.0 Å². The van der Waals surface area contributed by atoms with Gasteiger partial charge in [-0.05, 0) is 67.9 Å². The Labute approximate surface area is 182 Å². The maximum absolute atomic E-state index is 12.8. The molecule has 2 aromatic heterocycles. The van der Waals surface area contributed by atoms with E-state index in [-0.39, 0.29) is 11.7 Å². The van der Waals surface area contributed by atoms with Crippen LogP contribution < -0.4 is 16.0 Å². The van der Waals surface area contributed by atoms with Gasteiger partial charge >= 0.3 is 0 Å². The van der Waals surface area contributed by atoms with Crippen LogP contribution in [0.5, 0.6) is 0 Å². The highest BCUT2D eigenvalue weighted by Crippen LogP contribution is 2.32. The second-order valence-electron chi connectivity index (χ2n) is 8.10. The van der Waals surface area contributed by atoms with E-state index < -0.39 is 0 Å². The van der Waals surface area contributed by atoms with Crippen LogP contribution in [0.2, 0.25) is 0 Å². The molecule has 1 aliphatic rings. The highest BCUT2D eigenvalue weighted by Gasteiger charge is 2.19. The van der Waals surface area contributed by atoms with Gasteiger partial charge in [-0.2, -0.15) is 0 Å². The third-order valence-electron chi connectivity index (χ3n) is 5.75. The Kier molecular flexibility index (Phi) is 5.86. The Morgan fingerprint density at radius 3 is 2.29 bits per heavy atom. The number of likely N-dealkylation sites (N-methyl/N-ethyl adjacent to an activating group) is 1. The van der Waals surface area contributed by atoms with Gasteiger partial charge in [-0.3, -0.25) is 9.78 Å². The minimum Gasteiger partial charge on any atom is -0.383 e. The van der Waals surface area contributed by atoms with Crippen molar-refractivity contribution in [2.24, 2.45) is 0 Å². The number of anilines is 3. The summed E-state index contributed by atoms with van der Waals surface area (Å²) in [6.45, 7) is 8.48. The second kappa shape index (κ2) is 8.73. The lowest BCUT2D eigenvalue weighted by Gasteiger charge is -2.36. The van der Waals surface area contributed by atoms with E-state index in [1.54, 1.807) is 30.7 Å². The maximum Gasteiger partial charge on any atom is 0.259 e. The molecule has 7 heteroatoms. The van der Waals surface area contributed by atoms with Gasteiger partial charge in [-0.15, -0.1) is 0 Å². The molecule has 0 aliphatic carbocycles. The van der Waals surface area contributed by atoms with Crippen molar-refractivity contribution < 1.29 is 4.79 Å². The van der Waals surface area contributed by atoms with Crippen LogP contribution in [0.15, 0.2) is 48.9 Å². The van der Waals surface area contributed by atoms with Crippen molar-refractivity contribution in [3.8, 4) is 11.1 Å². The molecule has 160 valence electrons. The van der Waals surface area contributed by atoms with E-state index in [2.05, 4.69) is 58.1 Å². The zero-order chi connectivity index (χ0) is 22.0. The summed E-state index contributed by atoms with van der Waals surface area (Å²) in [6, 6.07) is 9.60. The van der Waals surface area contributed by atoms with Crippen molar-refractivity contribution in [1.29, 1.82) is 0 Å². The number of hydrogen-bond donors (Lipinski definition) is 2. The van der Waals surface area contributed by atoms with E-state index in [9.17, 15) is 4.79 Å². The van der Waals surface area contributed by atoms with E-state index in [1.807, 2.05) is 6.07 Å². The number of pyridine rings is 2. The largest absolute Gasteiger partial charge is 0.383 e. The normalized spacial score (nSPS) is 14.5. The van der Waals surface area contributed by atoms with Gasteiger partial charge in [0.05, 0.1) is 5.56 Å². The summed E-state index contributed by atoms with van der Waals surface area (Å²) in [5.41, 5.74) is 12.7. The highest BCUT2D eigenvalue weighted by atomic mass is 16.1. The number of benzene rings is 1. The predicted molar refractivity (Wildman–Crippen MR) is 125 cm³/mol.